The Morgan fingerprint density at radius 3 is 2.38 bits per heavy atom. The molecule has 0 saturated carbocycles. The Labute approximate surface area is 183 Å². The van der Waals surface area contributed by atoms with E-state index in [0.29, 0.717) is 35.0 Å². The van der Waals surface area contributed by atoms with Crippen LogP contribution in [0.2, 0.25) is 0 Å². The Morgan fingerprint density at radius 2 is 1.72 bits per heavy atom. The molecule has 1 aromatic carbocycles. The lowest BCUT2D eigenvalue weighted by Crippen LogP contribution is -2.56. The van der Waals surface area contributed by atoms with Gasteiger partial charge in [-0.2, -0.15) is 0 Å². The number of rotatable bonds is 7. The van der Waals surface area contributed by atoms with E-state index < -0.39 is 37.3 Å². The molecule has 5 atom stereocenters. The molecular formula is C20H25N5O7. The van der Waals surface area contributed by atoms with Crippen LogP contribution in [0.5, 0.6) is 11.5 Å². The lowest BCUT2D eigenvalue weighted by Gasteiger charge is -2.40. The van der Waals surface area contributed by atoms with Gasteiger partial charge in [0, 0.05) is 12.6 Å². The van der Waals surface area contributed by atoms with Gasteiger partial charge in [0.25, 0.3) is 0 Å². The zero-order valence-corrected chi connectivity index (χ0v) is 17.5. The Hall–Kier alpha value is -3.03. The monoisotopic (exact) mass is 447 g/mol. The molecule has 0 aliphatic carbocycles. The number of nitrogens with one attached hydrogen (secondary N) is 1. The number of hydrogen-bond donors (Lipinski definition) is 5. The molecule has 4 rings (SSSR count). The number of hydrogen-bond acceptors (Lipinski definition) is 11. The first-order valence-electron chi connectivity index (χ1n) is 9.90. The second-order valence-electron chi connectivity index (χ2n) is 7.34. The molecule has 172 valence electrons. The molecule has 5 N–H and O–H groups in total. The smallest absolute Gasteiger partial charge is 0.167 e. The number of fused-ring (bicyclic) bond motifs is 1. The molecule has 1 saturated heterocycles. The number of imidazole rings is 1. The van der Waals surface area contributed by atoms with Gasteiger partial charge in [-0.15, -0.1) is 0 Å². The van der Waals surface area contributed by atoms with Gasteiger partial charge < -0.3 is 40.0 Å². The molecule has 1 aliphatic heterocycles. The first kappa shape index (κ1) is 22.2. The third kappa shape index (κ3) is 4.06. The number of anilines is 1. The van der Waals surface area contributed by atoms with E-state index in [1.165, 1.54) is 17.2 Å². The molecule has 0 bridgehead atoms. The summed E-state index contributed by atoms with van der Waals surface area (Å²) in [5.41, 5.74) is 1.65. The summed E-state index contributed by atoms with van der Waals surface area (Å²) in [5, 5.41) is 43.2. The van der Waals surface area contributed by atoms with Crippen LogP contribution in [0.1, 0.15) is 11.8 Å². The van der Waals surface area contributed by atoms with Crippen molar-refractivity contribution in [2.75, 3.05) is 26.1 Å². The van der Waals surface area contributed by atoms with Gasteiger partial charge in [-0.3, -0.25) is 4.57 Å². The van der Waals surface area contributed by atoms with E-state index in [0.717, 1.165) is 5.56 Å². The molecule has 2 aromatic heterocycles. The number of aliphatic hydroxyl groups is 4. The maximum atomic E-state index is 10.4. The van der Waals surface area contributed by atoms with Gasteiger partial charge in [-0.25, -0.2) is 15.0 Å². The van der Waals surface area contributed by atoms with Crippen LogP contribution in [-0.2, 0) is 11.3 Å². The fourth-order valence-electron chi connectivity index (χ4n) is 3.63. The van der Waals surface area contributed by atoms with Crippen LogP contribution in [0.3, 0.4) is 0 Å². The molecule has 0 amide bonds. The molecule has 1 unspecified atom stereocenters. The first-order chi connectivity index (χ1) is 15.5. The highest BCUT2D eigenvalue weighted by atomic mass is 16.6. The van der Waals surface area contributed by atoms with Crippen molar-refractivity contribution >= 4 is 17.0 Å². The molecule has 0 spiro atoms. The minimum absolute atomic E-state index is 0.343. The van der Waals surface area contributed by atoms with E-state index in [1.807, 2.05) is 12.1 Å². The first-order valence-corrected chi connectivity index (χ1v) is 9.90. The van der Waals surface area contributed by atoms with Crippen molar-refractivity contribution in [1.29, 1.82) is 0 Å². The molecule has 0 radical (unpaired) electrons. The predicted molar refractivity (Wildman–Crippen MR) is 111 cm³/mol. The minimum atomic E-state index is -1.51. The SMILES string of the molecule is COc1cc(CNc2ncnc3c2ncn3C2O[C@H](CO)[C@@H](O)[C@H](O)[C@H]2O)cc(OC)c1. The number of nitrogens with zero attached hydrogens (tertiary/aromatic N) is 4. The zero-order valence-electron chi connectivity index (χ0n) is 17.5. The van der Waals surface area contributed by atoms with Crippen molar-refractivity contribution in [3.63, 3.8) is 0 Å². The van der Waals surface area contributed by atoms with Crippen LogP contribution in [0.25, 0.3) is 11.2 Å². The molecule has 1 fully saturated rings. The topological polar surface area (TPSA) is 164 Å². The number of ether oxygens (including phenoxy) is 3. The van der Waals surface area contributed by atoms with E-state index in [2.05, 4.69) is 20.3 Å². The van der Waals surface area contributed by atoms with Gasteiger partial charge in [0.1, 0.15) is 42.2 Å². The number of aliphatic hydroxyl groups excluding tert-OH is 4. The lowest BCUT2D eigenvalue weighted by molar-refractivity contribution is -0.250. The maximum Gasteiger partial charge on any atom is 0.167 e. The highest BCUT2D eigenvalue weighted by molar-refractivity contribution is 5.82. The van der Waals surface area contributed by atoms with Gasteiger partial charge in [0.15, 0.2) is 23.2 Å². The standard InChI is InChI=1S/C20H25N5O7/c1-30-11-3-10(4-12(5-11)31-2)6-21-18-14-19(23-8-22-18)25(9-24-14)20-17(29)16(28)15(27)13(7-26)32-20/h3-5,8-9,13,15-17,20,26-29H,6-7H2,1-2H3,(H,21,22,23)/t13-,15-,16+,17-,20?/m1/s1. The predicted octanol–water partition coefficient (Wildman–Crippen LogP) is -0.572. The lowest BCUT2D eigenvalue weighted by atomic mass is 9.98. The van der Waals surface area contributed by atoms with E-state index in [4.69, 9.17) is 14.2 Å². The van der Waals surface area contributed by atoms with Crippen LogP contribution in [0, 0.1) is 0 Å². The molecular weight excluding hydrogens is 422 g/mol. The van der Waals surface area contributed by atoms with Gasteiger partial charge in [0.05, 0.1) is 27.2 Å². The maximum absolute atomic E-state index is 10.4. The molecule has 32 heavy (non-hydrogen) atoms. The Morgan fingerprint density at radius 1 is 1.00 bits per heavy atom. The minimum Gasteiger partial charge on any atom is -0.497 e. The summed E-state index contributed by atoms with van der Waals surface area (Å²) in [7, 11) is 3.15. The normalized spacial score (nSPS) is 25.6. The van der Waals surface area contributed by atoms with Crippen LogP contribution < -0.4 is 14.8 Å². The summed E-state index contributed by atoms with van der Waals surface area (Å²) in [6, 6.07) is 5.50. The zero-order chi connectivity index (χ0) is 22.8. The van der Waals surface area contributed by atoms with Crippen LogP contribution in [0.4, 0.5) is 5.82 Å². The van der Waals surface area contributed by atoms with Crippen molar-refractivity contribution < 1.29 is 34.6 Å². The summed E-state index contributed by atoms with van der Waals surface area (Å²) in [6.45, 7) is -0.132. The van der Waals surface area contributed by atoms with E-state index >= 15 is 0 Å². The van der Waals surface area contributed by atoms with Gasteiger partial charge in [-0.05, 0) is 17.7 Å². The summed E-state index contributed by atoms with van der Waals surface area (Å²) in [4.78, 5) is 12.8. The third-order valence-electron chi connectivity index (χ3n) is 5.37. The van der Waals surface area contributed by atoms with Crippen molar-refractivity contribution in [3.05, 3.63) is 36.4 Å². The van der Waals surface area contributed by atoms with Crippen LogP contribution in [-0.4, -0.2) is 85.2 Å². The van der Waals surface area contributed by atoms with E-state index in [-0.39, 0.29) is 0 Å². The average molecular weight is 447 g/mol. The average Bonchev–Trinajstić information content (AvgIpc) is 3.25. The molecule has 1 aliphatic rings. The fraction of sp³-hybridized carbons (Fsp3) is 0.450. The van der Waals surface area contributed by atoms with Gasteiger partial charge >= 0.3 is 0 Å². The van der Waals surface area contributed by atoms with Gasteiger partial charge in [0.2, 0.25) is 0 Å². The second-order valence-corrected chi connectivity index (χ2v) is 7.34. The quantitative estimate of drug-likeness (QED) is 0.315. The van der Waals surface area contributed by atoms with Crippen molar-refractivity contribution in [2.24, 2.45) is 0 Å². The van der Waals surface area contributed by atoms with Crippen molar-refractivity contribution in [3.8, 4) is 11.5 Å². The number of benzene rings is 1. The molecule has 3 heterocycles. The summed E-state index contributed by atoms with van der Waals surface area (Å²) in [6.07, 6.45) is -3.84. The number of aromatic nitrogens is 4. The number of methoxy groups -OCH3 is 2. The molecule has 12 nitrogen and oxygen atoms in total. The summed E-state index contributed by atoms with van der Waals surface area (Å²) in [5.74, 6) is 1.75. The third-order valence-corrected chi connectivity index (χ3v) is 5.37. The summed E-state index contributed by atoms with van der Waals surface area (Å²) >= 11 is 0. The second kappa shape index (κ2) is 9.22. The Balaban J connectivity index is 1.60. The molecule has 12 heteroatoms. The van der Waals surface area contributed by atoms with Crippen LogP contribution in [0.15, 0.2) is 30.9 Å². The van der Waals surface area contributed by atoms with E-state index in [1.54, 1.807) is 20.3 Å². The van der Waals surface area contributed by atoms with Crippen molar-refractivity contribution in [2.45, 2.75) is 37.2 Å². The highest BCUT2D eigenvalue weighted by Gasteiger charge is 2.44. The Bertz CT molecular complexity index is 1050. The van der Waals surface area contributed by atoms with Crippen LogP contribution >= 0.6 is 0 Å². The largest absolute Gasteiger partial charge is 0.497 e. The van der Waals surface area contributed by atoms with Crippen molar-refractivity contribution in [1.82, 2.24) is 19.5 Å². The molecule has 3 aromatic rings. The Kier molecular flexibility index (Phi) is 6.39. The highest BCUT2D eigenvalue weighted by Crippen LogP contribution is 2.31. The van der Waals surface area contributed by atoms with E-state index in [9.17, 15) is 20.4 Å². The summed E-state index contributed by atoms with van der Waals surface area (Å²) < 4.78 is 17.6. The fourth-order valence-corrected chi connectivity index (χ4v) is 3.63. The van der Waals surface area contributed by atoms with Gasteiger partial charge in [-0.1, -0.05) is 0 Å².